The Morgan fingerprint density at radius 2 is 2.00 bits per heavy atom. The van der Waals surface area contributed by atoms with E-state index in [9.17, 15) is 20.2 Å². The average Bonchev–Trinajstić information content (AvgIpc) is 3.29. The minimum absolute atomic E-state index is 0.0149. The van der Waals surface area contributed by atoms with E-state index < -0.39 is 10.8 Å². The Morgan fingerprint density at radius 3 is 2.60 bits per heavy atom. The molecule has 1 aliphatic rings. The molecule has 154 valence electrons. The van der Waals surface area contributed by atoms with Gasteiger partial charge in [-0.05, 0) is 54.3 Å². The summed E-state index contributed by atoms with van der Waals surface area (Å²) in [6, 6.07) is 15.0. The number of nitriles is 1. The molecule has 1 N–H and O–H groups in total. The Morgan fingerprint density at radius 1 is 1.27 bits per heavy atom. The molecule has 0 saturated carbocycles. The number of hydrogen-bond donors (Lipinski definition) is 1. The van der Waals surface area contributed by atoms with Crippen molar-refractivity contribution in [1.29, 1.82) is 5.26 Å². The van der Waals surface area contributed by atoms with Crippen molar-refractivity contribution in [3.05, 3.63) is 75.3 Å². The second-order valence-corrected chi connectivity index (χ2v) is 6.80. The molecule has 2 aromatic rings. The summed E-state index contributed by atoms with van der Waals surface area (Å²) in [5.74, 6) is 0.179. The third-order valence-electron chi connectivity index (χ3n) is 4.62. The molecule has 0 spiro atoms. The lowest BCUT2D eigenvalue weighted by atomic mass is 10.1. The van der Waals surface area contributed by atoms with E-state index in [-0.39, 0.29) is 24.0 Å². The van der Waals surface area contributed by atoms with E-state index >= 15 is 0 Å². The summed E-state index contributed by atoms with van der Waals surface area (Å²) in [6.07, 6.45) is 3.43. The van der Waals surface area contributed by atoms with Crippen LogP contribution in [-0.4, -0.2) is 30.1 Å². The van der Waals surface area contributed by atoms with Crippen molar-refractivity contribution in [2.75, 3.05) is 13.2 Å². The van der Waals surface area contributed by atoms with Crippen LogP contribution in [0.3, 0.4) is 0 Å². The summed E-state index contributed by atoms with van der Waals surface area (Å²) >= 11 is 0. The normalized spacial score (nSPS) is 16.0. The van der Waals surface area contributed by atoms with Crippen LogP contribution in [0, 0.1) is 21.4 Å². The summed E-state index contributed by atoms with van der Waals surface area (Å²) < 4.78 is 11.1. The number of hydrogen-bond acceptors (Lipinski definition) is 6. The average molecular weight is 407 g/mol. The first-order chi connectivity index (χ1) is 14.5. The standard InChI is InChI=1S/C22H21N3O5/c23-13-18(22(26)24-14-21-2-1-11-29-21)12-16-5-9-20(10-6-16)30-15-17-3-7-19(8-4-17)25(27)28/h3-10,12,21H,1-2,11,14-15H2,(H,24,26)/b18-12-/t21-/m0/s1. The minimum atomic E-state index is -0.449. The third kappa shape index (κ3) is 5.90. The van der Waals surface area contributed by atoms with Crippen molar-refractivity contribution in [2.24, 2.45) is 0 Å². The number of benzene rings is 2. The van der Waals surface area contributed by atoms with Crippen LogP contribution in [0.2, 0.25) is 0 Å². The fraction of sp³-hybridized carbons (Fsp3) is 0.273. The Hall–Kier alpha value is -3.70. The molecule has 30 heavy (non-hydrogen) atoms. The van der Waals surface area contributed by atoms with E-state index in [0.717, 1.165) is 18.4 Å². The molecule has 1 heterocycles. The van der Waals surface area contributed by atoms with Gasteiger partial charge in [0.15, 0.2) is 0 Å². The molecule has 1 aliphatic heterocycles. The van der Waals surface area contributed by atoms with Crippen molar-refractivity contribution in [3.63, 3.8) is 0 Å². The van der Waals surface area contributed by atoms with Crippen LogP contribution in [0.15, 0.2) is 54.1 Å². The van der Waals surface area contributed by atoms with Gasteiger partial charge in [-0.25, -0.2) is 0 Å². The molecule has 1 atom stereocenters. The molecule has 0 radical (unpaired) electrons. The van der Waals surface area contributed by atoms with Crippen LogP contribution >= 0.6 is 0 Å². The van der Waals surface area contributed by atoms with Crippen molar-refractivity contribution in [2.45, 2.75) is 25.6 Å². The zero-order valence-electron chi connectivity index (χ0n) is 16.2. The molecule has 0 aromatic heterocycles. The molecule has 3 rings (SSSR count). The van der Waals surface area contributed by atoms with Gasteiger partial charge in [-0.15, -0.1) is 0 Å². The topological polar surface area (TPSA) is 114 Å². The molecule has 1 amide bonds. The molecule has 1 fully saturated rings. The van der Waals surface area contributed by atoms with E-state index in [4.69, 9.17) is 9.47 Å². The number of non-ortho nitro benzene ring substituents is 1. The number of nitrogens with one attached hydrogen (secondary N) is 1. The van der Waals surface area contributed by atoms with Gasteiger partial charge >= 0.3 is 0 Å². The number of nitrogens with zero attached hydrogens (tertiary/aromatic N) is 2. The van der Waals surface area contributed by atoms with Crippen LogP contribution in [0.1, 0.15) is 24.0 Å². The second-order valence-electron chi connectivity index (χ2n) is 6.80. The van der Waals surface area contributed by atoms with Gasteiger partial charge in [-0.1, -0.05) is 12.1 Å². The summed E-state index contributed by atoms with van der Waals surface area (Å²) in [5.41, 5.74) is 1.55. The van der Waals surface area contributed by atoms with Crippen molar-refractivity contribution < 1.29 is 19.2 Å². The molecular formula is C22H21N3O5. The van der Waals surface area contributed by atoms with E-state index in [1.54, 1.807) is 36.4 Å². The molecule has 0 unspecified atom stereocenters. The molecule has 8 nitrogen and oxygen atoms in total. The number of amides is 1. The molecule has 2 aromatic carbocycles. The molecular weight excluding hydrogens is 386 g/mol. The highest BCUT2D eigenvalue weighted by atomic mass is 16.6. The zero-order chi connectivity index (χ0) is 21.3. The van der Waals surface area contributed by atoms with Crippen LogP contribution in [0.5, 0.6) is 5.75 Å². The Kier molecular flexibility index (Phi) is 7.14. The molecule has 8 heteroatoms. The van der Waals surface area contributed by atoms with Gasteiger partial charge in [0.1, 0.15) is 24.0 Å². The Balaban J connectivity index is 1.54. The fourth-order valence-electron chi connectivity index (χ4n) is 2.96. The summed E-state index contributed by atoms with van der Waals surface area (Å²) in [7, 11) is 0. The largest absolute Gasteiger partial charge is 0.489 e. The highest BCUT2D eigenvalue weighted by molar-refractivity contribution is 6.01. The zero-order valence-corrected chi connectivity index (χ0v) is 16.2. The van der Waals surface area contributed by atoms with Gasteiger partial charge in [0.25, 0.3) is 11.6 Å². The molecule has 0 aliphatic carbocycles. The van der Waals surface area contributed by atoms with E-state index in [0.29, 0.717) is 24.5 Å². The van der Waals surface area contributed by atoms with Gasteiger partial charge in [-0.2, -0.15) is 5.26 Å². The van der Waals surface area contributed by atoms with Crippen molar-refractivity contribution in [1.82, 2.24) is 5.32 Å². The maximum Gasteiger partial charge on any atom is 0.269 e. The first-order valence-electron chi connectivity index (χ1n) is 9.53. The lowest BCUT2D eigenvalue weighted by molar-refractivity contribution is -0.384. The lowest BCUT2D eigenvalue weighted by Crippen LogP contribution is -2.32. The Bertz CT molecular complexity index is 956. The summed E-state index contributed by atoms with van der Waals surface area (Å²) in [5, 5.41) is 22.7. The number of rotatable bonds is 8. The number of carbonyl (C=O) groups is 1. The SMILES string of the molecule is N#C/C(=C/c1ccc(OCc2ccc([N+](=O)[O-])cc2)cc1)C(=O)NC[C@@H]1CCCO1. The van der Waals surface area contributed by atoms with Crippen LogP contribution in [0.4, 0.5) is 5.69 Å². The quantitative estimate of drug-likeness (QED) is 0.310. The van der Waals surface area contributed by atoms with E-state index in [2.05, 4.69) is 5.32 Å². The molecule has 1 saturated heterocycles. The number of nitro benzene ring substituents is 1. The van der Waals surface area contributed by atoms with Crippen molar-refractivity contribution >= 4 is 17.7 Å². The maximum atomic E-state index is 12.2. The first kappa shape index (κ1) is 21.0. The van der Waals surface area contributed by atoms with E-state index in [1.165, 1.54) is 18.2 Å². The number of nitro groups is 1. The highest BCUT2D eigenvalue weighted by Crippen LogP contribution is 2.18. The van der Waals surface area contributed by atoms with Crippen LogP contribution < -0.4 is 10.1 Å². The predicted molar refractivity (Wildman–Crippen MR) is 109 cm³/mol. The summed E-state index contributed by atoms with van der Waals surface area (Å²) in [6.45, 7) is 1.37. The maximum absolute atomic E-state index is 12.2. The van der Waals surface area contributed by atoms with Crippen LogP contribution in [-0.2, 0) is 16.1 Å². The van der Waals surface area contributed by atoms with E-state index in [1.807, 2.05) is 6.07 Å². The molecule has 0 bridgehead atoms. The number of ether oxygens (including phenoxy) is 2. The van der Waals surface area contributed by atoms with Gasteiger partial charge in [0.2, 0.25) is 0 Å². The Labute approximate surface area is 173 Å². The smallest absolute Gasteiger partial charge is 0.269 e. The fourth-order valence-corrected chi connectivity index (χ4v) is 2.96. The number of carbonyl (C=O) groups excluding carboxylic acids is 1. The first-order valence-corrected chi connectivity index (χ1v) is 9.53. The minimum Gasteiger partial charge on any atom is -0.489 e. The van der Waals surface area contributed by atoms with Gasteiger partial charge in [-0.3, -0.25) is 14.9 Å². The third-order valence-corrected chi connectivity index (χ3v) is 4.62. The van der Waals surface area contributed by atoms with Crippen LogP contribution in [0.25, 0.3) is 6.08 Å². The summed E-state index contributed by atoms with van der Waals surface area (Å²) in [4.78, 5) is 22.4. The van der Waals surface area contributed by atoms with Gasteiger partial charge < -0.3 is 14.8 Å². The lowest BCUT2D eigenvalue weighted by Gasteiger charge is -2.10. The highest BCUT2D eigenvalue weighted by Gasteiger charge is 2.17. The predicted octanol–water partition coefficient (Wildman–Crippen LogP) is 3.38. The monoisotopic (exact) mass is 407 g/mol. The van der Waals surface area contributed by atoms with Gasteiger partial charge in [0.05, 0.1) is 11.0 Å². The van der Waals surface area contributed by atoms with Gasteiger partial charge in [0, 0.05) is 25.3 Å². The second kappa shape index (κ2) is 10.2. The van der Waals surface area contributed by atoms with Crippen molar-refractivity contribution in [3.8, 4) is 11.8 Å².